The molecule has 1 saturated heterocycles. The Labute approximate surface area is 161 Å². The minimum Gasteiger partial charge on any atom is -0.497 e. The number of methoxy groups -OCH3 is 2. The number of piperidine rings is 1. The molecule has 1 fully saturated rings. The molecule has 1 heterocycles. The maximum atomic E-state index is 12.0. The summed E-state index contributed by atoms with van der Waals surface area (Å²) in [5, 5.41) is 13.9. The van der Waals surface area contributed by atoms with Gasteiger partial charge in [-0.1, -0.05) is 13.8 Å². The monoisotopic (exact) mass is 380 g/mol. The van der Waals surface area contributed by atoms with Gasteiger partial charge in [-0.05, 0) is 36.5 Å². The van der Waals surface area contributed by atoms with Gasteiger partial charge in [0.15, 0.2) is 0 Å². The van der Waals surface area contributed by atoms with Crippen LogP contribution < -0.4 is 14.8 Å². The molecule has 0 radical (unpaired) electrons. The number of nitrogens with one attached hydrogen (secondary N) is 1. The summed E-state index contributed by atoms with van der Waals surface area (Å²) in [4.78, 5) is 13.8. The Morgan fingerprint density at radius 1 is 1.19 bits per heavy atom. The molecule has 0 bridgehead atoms. The Hall–Kier alpha value is -1.99. The number of hydrogen-bond acceptors (Lipinski definition) is 6. The molecule has 2 rings (SSSR count). The number of carbonyl (C=O) groups excluding carboxylic acids is 1. The summed E-state index contributed by atoms with van der Waals surface area (Å²) in [5.74, 6) is 1.64. The second kappa shape index (κ2) is 10.4. The summed E-state index contributed by atoms with van der Waals surface area (Å²) in [7, 11) is 3.17. The van der Waals surface area contributed by atoms with E-state index in [4.69, 9.17) is 14.2 Å². The van der Waals surface area contributed by atoms with Crippen LogP contribution >= 0.6 is 0 Å². The highest BCUT2D eigenvalue weighted by molar-refractivity contribution is 5.67. The van der Waals surface area contributed by atoms with Crippen molar-refractivity contribution in [1.82, 2.24) is 10.2 Å². The average Bonchev–Trinajstić information content (AvgIpc) is 2.69. The van der Waals surface area contributed by atoms with E-state index in [0.29, 0.717) is 43.7 Å². The molecule has 7 heteroatoms. The molecule has 1 atom stereocenters. The number of ether oxygens (including phenoxy) is 3. The van der Waals surface area contributed by atoms with Crippen molar-refractivity contribution in [3.05, 3.63) is 23.8 Å². The summed E-state index contributed by atoms with van der Waals surface area (Å²) in [6.07, 6.45) is 0.782. The van der Waals surface area contributed by atoms with Gasteiger partial charge in [0.05, 0.1) is 26.9 Å². The first kappa shape index (κ1) is 21.3. The molecule has 0 saturated carbocycles. The molecule has 152 valence electrons. The molecule has 0 aromatic heterocycles. The fraction of sp³-hybridized carbons (Fsp3) is 0.650. The zero-order valence-corrected chi connectivity index (χ0v) is 16.7. The first-order valence-corrected chi connectivity index (χ1v) is 9.49. The summed E-state index contributed by atoms with van der Waals surface area (Å²) in [6, 6.07) is 5.66. The van der Waals surface area contributed by atoms with Crippen LogP contribution in [0.25, 0.3) is 0 Å². The van der Waals surface area contributed by atoms with Crippen molar-refractivity contribution in [2.45, 2.75) is 38.8 Å². The molecule has 27 heavy (non-hydrogen) atoms. The van der Waals surface area contributed by atoms with Gasteiger partial charge in [-0.15, -0.1) is 0 Å². The zero-order valence-electron chi connectivity index (χ0n) is 16.7. The third kappa shape index (κ3) is 6.59. The molecule has 1 aromatic rings. The molecule has 1 amide bonds. The number of aliphatic hydroxyl groups excluding tert-OH is 1. The lowest BCUT2D eigenvalue weighted by atomic mass is 10.0. The van der Waals surface area contributed by atoms with Gasteiger partial charge in [-0.25, -0.2) is 4.79 Å². The van der Waals surface area contributed by atoms with E-state index >= 15 is 0 Å². The largest absolute Gasteiger partial charge is 0.497 e. The van der Waals surface area contributed by atoms with E-state index in [1.807, 2.05) is 26.0 Å². The Bertz CT molecular complexity index is 578. The van der Waals surface area contributed by atoms with Crippen molar-refractivity contribution >= 4 is 6.09 Å². The molecular weight excluding hydrogens is 348 g/mol. The van der Waals surface area contributed by atoms with Gasteiger partial charge in [0.25, 0.3) is 0 Å². The van der Waals surface area contributed by atoms with Crippen LogP contribution in [0.1, 0.15) is 38.4 Å². The Morgan fingerprint density at radius 2 is 1.78 bits per heavy atom. The van der Waals surface area contributed by atoms with E-state index in [0.717, 1.165) is 18.4 Å². The van der Waals surface area contributed by atoms with Crippen LogP contribution in [-0.2, 0) is 4.74 Å². The smallest absolute Gasteiger partial charge is 0.409 e. The fourth-order valence-corrected chi connectivity index (χ4v) is 3.01. The summed E-state index contributed by atoms with van der Waals surface area (Å²) >= 11 is 0. The maximum absolute atomic E-state index is 12.0. The van der Waals surface area contributed by atoms with E-state index in [1.54, 1.807) is 25.2 Å². The van der Waals surface area contributed by atoms with Crippen LogP contribution in [-0.4, -0.2) is 62.6 Å². The molecule has 7 nitrogen and oxygen atoms in total. The lowest BCUT2D eigenvalue weighted by molar-refractivity contribution is 0.0802. The Balaban J connectivity index is 1.78. The lowest BCUT2D eigenvalue weighted by Crippen LogP contribution is -2.46. The number of likely N-dealkylation sites (tertiary alicyclic amines) is 1. The lowest BCUT2D eigenvalue weighted by Gasteiger charge is -2.32. The van der Waals surface area contributed by atoms with Crippen LogP contribution in [0.15, 0.2) is 18.2 Å². The van der Waals surface area contributed by atoms with Crippen molar-refractivity contribution in [2.24, 2.45) is 5.92 Å². The summed E-state index contributed by atoms with van der Waals surface area (Å²) in [6.45, 7) is 6.25. The highest BCUT2D eigenvalue weighted by Gasteiger charge is 2.24. The maximum Gasteiger partial charge on any atom is 0.409 e. The number of rotatable bonds is 8. The molecule has 2 N–H and O–H groups in total. The minimum absolute atomic E-state index is 0.231. The van der Waals surface area contributed by atoms with Crippen LogP contribution in [0.5, 0.6) is 11.5 Å². The van der Waals surface area contributed by atoms with E-state index in [1.165, 1.54) is 0 Å². The van der Waals surface area contributed by atoms with E-state index in [2.05, 4.69) is 5.32 Å². The van der Waals surface area contributed by atoms with E-state index in [-0.39, 0.29) is 12.1 Å². The van der Waals surface area contributed by atoms with Crippen molar-refractivity contribution in [1.29, 1.82) is 0 Å². The molecule has 1 aliphatic heterocycles. The molecule has 0 aliphatic carbocycles. The van der Waals surface area contributed by atoms with Gasteiger partial charge in [0.2, 0.25) is 0 Å². The molecule has 1 aliphatic rings. The van der Waals surface area contributed by atoms with E-state index < -0.39 is 6.10 Å². The van der Waals surface area contributed by atoms with Crippen LogP contribution in [0, 0.1) is 5.92 Å². The highest BCUT2D eigenvalue weighted by Crippen LogP contribution is 2.26. The standard InChI is InChI=1S/C20H32N2O5/c1-14(2)13-27-20(24)22-7-5-16(6-8-22)21-12-19(23)15-9-17(25-3)11-18(10-15)26-4/h9-11,14,16,19,21,23H,5-8,12-13H2,1-4H3. The minimum atomic E-state index is -0.664. The quantitative estimate of drug-likeness (QED) is 0.722. The van der Waals surface area contributed by atoms with Gasteiger partial charge < -0.3 is 29.5 Å². The topological polar surface area (TPSA) is 80.3 Å². The van der Waals surface area contributed by atoms with Crippen LogP contribution in [0.2, 0.25) is 0 Å². The number of aliphatic hydroxyl groups is 1. The number of nitrogens with zero attached hydrogens (tertiary/aromatic N) is 1. The van der Waals surface area contributed by atoms with Gasteiger partial charge in [-0.2, -0.15) is 0 Å². The summed E-state index contributed by atoms with van der Waals surface area (Å²) in [5.41, 5.74) is 0.744. The third-order valence-electron chi connectivity index (χ3n) is 4.65. The predicted molar refractivity (Wildman–Crippen MR) is 103 cm³/mol. The number of amides is 1. The first-order chi connectivity index (χ1) is 12.9. The molecule has 1 aromatic carbocycles. The van der Waals surface area contributed by atoms with Gasteiger partial charge in [0.1, 0.15) is 11.5 Å². The van der Waals surface area contributed by atoms with Crippen molar-refractivity contribution < 1.29 is 24.1 Å². The SMILES string of the molecule is COc1cc(OC)cc(C(O)CNC2CCN(C(=O)OCC(C)C)CC2)c1. The number of hydrogen-bond donors (Lipinski definition) is 2. The zero-order chi connectivity index (χ0) is 19.8. The first-order valence-electron chi connectivity index (χ1n) is 9.49. The third-order valence-corrected chi connectivity index (χ3v) is 4.65. The predicted octanol–water partition coefficient (Wildman–Crippen LogP) is 2.58. The average molecular weight is 380 g/mol. The Kier molecular flexibility index (Phi) is 8.19. The second-order valence-electron chi connectivity index (χ2n) is 7.30. The van der Waals surface area contributed by atoms with Crippen LogP contribution in [0.3, 0.4) is 0 Å². The van der Waals surface area contributed by atoms with Gasteiger partial charge in [-0.3, -0.25) is 0 Å². The number of benzene rings is 1. The molecule has 0 spiro atoms. The normalized spacial score (nSPS) is 16.3. The van der Waals surface area contributed by atoms with Crippen molar-refractivity contribution in [3.63, 3.8) is 0 Å². The fourth-order valence-electron chi connectivity index (χ4n) is 3.01. The highest BCUT2D eigenvalue weighted by atomic mass is 16.6. The number of carbonyl (C=O) groups is 1. The second-order valence-corrected chi connectivity index (χ2v) is 7.30. The van der Waals surface area contributed by atoms with E-state index in [9.17, 15) is 9.90 Å². The van der Waals surface area contributed by atoms with Gasteiger partial charge >= 0.3 is 6.09 Å². The van der Waals surface area contributed by atoms with Crippen molar-refractivity contribution in [2.75, 3.05) is 40.5 Å². The van der Waals surface area contributed by atoms with Gasteiger partial charge in [0, 0.05) is 31.7 Å². The van der Waals surface area contributed by atoms with Crippen molar-refractivity contribution in [3.8, 4) is 11.5 Å². The van der Waals surface area contributed by atoms with Crippen LogP contribution in [0.4, 0.5) is 4.79 Å². The summed E-state index contributed by atoms with van der Waals surface area (Å²) < 4.78 is 15.8. The Morgan fingerprint density at radius 3 is 2.30 bits per heavy atom. The molecule has 1 unspecified atom stereocenters. The molecular formula is C20H32N2O5.